The highest BCUT2D eigenvalue weighted by Gasteiger charge is 2.20. The third-order valence-corrected chi connectivity index (χ3v) is 4.18. The summed E-state index contributed by atoms with van der Waals surface area (Å²) in [5.41, 5.74) is 1.30. The number of hydrogen-bond donors (Lipinski definition) is 1. The van der Waals surface area contributed by atoms with Gasteiger partial charge in [-0.2, -0.15) is 0 Å². The summed E-state index contributed by atoms with van der Waals surface area (Å²) in [7, 11) is 0. The van der Waals surface area contributed by atoms with Gasteiger partial charge in [-0.15, -0.1) is 11.3 Å². The lowest BCUT2D eigenvalue weighted by molar-refractivity contribution is 0.232. The smallest absolute Gasteiger partial charge is 0.0334 e. The van der Waals surface area contributed by atoms with Crippen molar-refractivity contribution in [2.75, 3.05) is 13.1 Å². The van der Waals surface area contributed by atoms with E-state index in [0.29, 0.717) is 6.04 Å². The first kappa shape index (κ1) is 13.8. The molecule has 1 N–H and O–H groups in total. The van der Waals surface area contributed by atoms with Crippen LogP contribution in [0.15, 0.2) is 29.7 Å². The largest absolute Gasteiger partial charge is 0.310 e. The van der Waals surface area contributed by atoms with Crippen molar-refractivity contribution in [3.05, 3.63) is 34.5 Å². The van der Waals surface area contributed by atoms with Crippen molar-refractivity contribution in [3.63, 3.8) is 0 Å². The van der Waals surface area contributed by atoms with Crippen molar-refractivity contribution in [2.24, 2.45) is 0 Å². The first-order valence-electron chi connectivity index (χ1n) is 6.81. The summed E-state index contributed by atoms with van der Waals surface area (Å²) in [5, 5.41) is 5.69. The van der Waals surface area contributed by atoms with Crippen molar-refractivity contribution < 1.29 is 0 Å². The van der Waals surface area contributed by atoms with Crippen LogP contribution in [-0.2, 0) is 6.54 Å². The van der Waals surface area contributed by atoms with E-state index in [9.17, 15) is 0 Å². The van der Waals surface area contributed by atoms with Crippen LogP contribution in [0.25, 0.3) is 0 Å². The average Bonchev–Trinajstić information content (AvgIpc) is 3.02. The molecular formula is C15H24N2S. The third-order valence-electron chi connectivity index (χ3n) is 3.31. The molecule has 1 fully saturated rings. The molecule has 1 aromatic heterocycles. The van der Waals surface area contributed by atoms with E-state index < -0.39 is 0 Å². The minimum absolute atomic E-state index is 0.560. The number of nitrogens with zero attached hydrogens (tertiary/aromatic N) is 1. The Labute approximate surface area is 115 Å². The monoisotopic (exact) mass is 264 g/mol. The SMILES string of the molecule is C=C(CNC1CC1)CN(Cc1cccs1)C(C)C. The van der Waals surface area contributed by atoms with Crippen LogP contribution in [0.2, 0.25) is 0 Å². The second kappa shape index (κ2) is 6.50. The van der Waals surface area contributed by atoms with Crippen LogP contribution in [0.5, 0.6) is 0 Å². The Hall–Kier alpha value is -0.640. The molecular weight excluding hydrogens is 240 g/mol. The maximum Gasteiger partial charge on any atom is 0.0334 e. The molecule has 0 aliphatic heterocycles. The summed E-state index contributed by atoms with van der Waals surface area (Å²) in [4.78, 5) is 3.93. The molecule has 1 aliphatic carbocycles. The fourth-order valence-corrected chi connectivity index (χ4v) is 2.67. The lowest BCUT2D eigenvalue weighted by Gasteiger charge is -2.27. The van der Waals surface area contributed by atoms with E-state index in [4.69, 9.17) is 0 Å². The highest BCUT2D eigenvalue weighted by Crippen LogP contribution is 2.19. The average molecular weight is 264 g/mol. The number of hydrogen-bond acceptors (Lipinski definition) is 3. The zero-order valence-corrected chi connectivity index (χ0v) is 12.3. The minimum atomic E-state index is 0.560. The quantitative estimate of drug-likeness (QED) is 0.725. The summed E-state index contributed by atoms with van der Waals surface area (Å²) in [6.07, 6.45) is 2.69. The van der Waals surface area contributed by atoms with Crippen LogP contribution < -0.4 is 5.32 Å². The van der Waals surface area contributed by atoms with E-state index in [0.717, 1.165) is 25.7 Å². The van der Waals surface area contributed by atoms with Gasteiger partial charge >= 0.3 is 0 Å². The van der Waals surface area contributed by atoms with Crippen molar-refractivity contribution in [1.82, 2.24) is 10.2 Å². The van der Waals surface area contributed by atoms with E-state index in [2.05, 4.69) is 48.2 Å². The lowest BCUT2D eigenvalue weighted by Crippen LogP contribution is -2.34. The van der Waals surface area contributed by atoms with Gasteiger partial charge in [0.05, 0.1) is 0 Å². The van der Waals surface area contributed by atoms with E-state index in [1.165, 1.54) is 23.3 Å². The van der Waals surface area contributed by atoms with Crippen LogP contribution in [0, 0.1) is 0 Å². The highest BCUT2D eigenvalue weighted by molar-refractivity contribution is 7.09. The van der Waals surface area contributed by atoms with Crippen LogP contribution in [-0.4, -0.2) is 30.1 Å². The highest BCUT2D eigenvalue weighted by atomic mass is 32.1. The van der Waals surface area contributed by atoms with Gasteiger partial charge in [-0.05, 0) is 43.7 Å². The van der Waals surface area contributed by atoms with Gasteiger partial charge < -0.3 is 5.32 Å². The van der Waals surface area contributed by atoms with Crippen LogP contribution in [0.4, 0.5) is 0 Å². The van der Waals surface area contributed by atoms with Crippen molar-refractivity contribution in [3.8, 4) is 0 Å². The Morgan fingerprint density at radius 3 is 2.89 bits per heavy atom. The summed E-state index contributed by atoms with van der Waals surface area (Å²) < 4.78 is 0. The first-order chi connectivity index (χ1) is 8.65. The maximum atomic E-state index is 4.21. The Bertz CT molecular complexity index is 366. The van der Waals surface area contributed by atoms with Crippen molar-refractivity contribution >= 4 is 11.3 Å². The van der Waals surface area contributed by atoms with Crippen LogP contribution in [0.3, 0.4) is 0 Å². The first-order valence-corrected chi connectivity index (χ1v) is 7.69. The predicted octanol–water partition coefficient (Wildman–Crippen LogP) is 3.27. The Morgan fingerprint density at radius 1 is 1.56 bits per heavy atom. The molecule has 1 heterocycles. The summed E-state index contributed by atoms with van der Waals surface area (Å²) in [6.45, 7) is 11.7. The van der Waals surface area contributed by atoms with E-state index >= 15 is 0 Å². The third kappa shape index (κ3) is 4.56. The molecule has 1 saturated carbocycles. The normalized spacial score (nSPS) is 15.6. The minimum Gasteiger partial charge on any atom is -0.310 e. The van der Waals surface area contributed by atoms with Gasteiger partial charge in [0.15, 0.2) is 0 Å². The van der Waals surface area contributed by atoms with Gasteiger partial charge in [0.1, 0.15) is 0 Å². The van der Waals surface area contributed by atoms with Crippen molar-refractivity contribution in [1.29, 1.82) is 0 Å². The topological polar surface area (TPSA) is 15.3 Å². The molecule has 0 aromatic carbocycles. The molecule has 0 atom stereocenters. The fraction of sp³-hybridized carbons (Fsp3) is 0.600. The second-order valence-corrected chi connectivity index (χ2v) is 6.52. The zero-order valence-electron chi connectivity index (χ0n) is 11.5. The molecule has 3 heteroatoms. The molecule has 0 amide bonds. The number of thiophene rings is 1. The van der Waals surface area contributed by atoms with Crippen molar-refractivity contribution in [2.45, 2.75) is 45.3 Å². The Kier molecular flexibility index (Phi) is 4.98. The van der Waals surface area contributed by atoms with Gasteiger partial charge in [-0.25, -0.2) is 0 Å². The lowest BCUT2D eigenvalue weighted by atomic mass is 10.2. The molecule has 1 aliphatic rings. The molecule has 100 valence electrons. The van der Waals surface area contributed by atoms with Gasteiger partial charge in [-0.1, -0.05) is 12.6 Å². The van der Waals surface area contributed by atoms with Gasteiger partial charge in [-0.3, -0.25) is 4.90 Å². The number of nitrogens with one attached hydrogen (secondary N) is 1. The van der Waals surface area contributed by atoms with E-state index in [1.54, 1.807) is 0 Å². The van der Waals surface area contributed by atoms with Gasteiger partial charge in [0.2, 0.25) is 0 Å². The molecule has 18 heavy (non-hydrogen) atoms. The molecule has 0 bridgehead atoms. The summed E-state index contributed by atoms with van der Waals surface area (Å²) in [5.74, 6) is 0. The standard InChI is InChI=1S/C15H24N2S/c1-12(2)17(11-15-5-4-8-18-15)10-13(3)9-16-14-6-7-14/h4-5,8,12,14,16H,3,6-7,9-11H2,1-2H3. The Balaban J connectivity index is 1.79. The van der Waals surface area contributed by atoms with Crippen LogP contribution in [0.1, 0.15) is 31.6 Å². The molecule has 2 rings (SSSR count). The second-order valence-electron chi connectivity index (χ2n) is 5.48. The number of rotatable bonds is 8. The van der Waals surface area contributed by atoms with Crippen LogP contribution >= 0.6 is 11.3 Å². The van der Waals surface area contributed by atoms with E-state index in [1.807, 2.05) is 11.3 Å². The van der Waals surface area contributed by atoms with Gasteiger partial charge in [0.25, 0.3) is 0 Å². The molecule has 2 nitrogen and oxygen atoms in total. The van der Waals surface area contributed by atoms with Gasteiger partial charge in [0, 0.05) is 36.6 Å². The summed E-state index contributed by atoms with van der Waals surface area (Å²) in [6, 6.07) is 5.67. The fourth-order valence-electron chi connectivity index (χ4n) is 1.94. The summed E-state index contributed by atoms with van der Waals surface area (Å²) >= 11 is 1.84. The predicted molar refractivity (Wildman–Crippen MR) is 80.0 cm³/mol. The molecule has 0 saturated heterocycles. The van der Waals surface area contributed by atoms with E-state index in [-0.39, 0.29) is 0 Å². The Morgan fingerprint density at radius 2 is 2.33 bits per heavy atom. The molecule has 0 radical (unpaired) electrons. The molecule has 0 unspecified atom stereocenters. The maximum absolute atomic E-state index is 4.21. The zero-order chi connectivity index (χ0) is 13.0. The molecule has 0 spiro atoms. The molecule has 1 aromatic rings.